The lowest BCUT2D eigenvalue weighted by Crippen LogP contribution is -2.48. The first-order valence-electron chi connectivity index (χ1n) is 9.98. The molecule has 0 saturated heterocycles. The number of benzene rings is 1. The maximum atomic E-state index is 14.7. The van der Waals surface area contributed by atoms with Gasteiger partial charge in [-0.3, -0.25) is 0 Å². The van der Waals surface area contributed by atoms with Crippen LogP contribution >= 0.6 is 0 Å². The SMILES string of the molecule is Cc1nc2c(F)cc(-c3c[nH]c4nc(N[C@H]5C[C@](C)(O)C5)ncc34)cc2n1CC(F)F. The van der Waals surface area contributed by atoms with E-state index in [0.717, 1.165) is 0 Å². The van der Waals surface area contributed by atoms with Crippen molar-refractivity contribution in [2.75, 3.05) is 5.32 Å². The van der Waals surface area contributed by atoms with E-state index in [1.54, 1.807) is 32.3 Å². The van der Waals surface area contributed by atoms with Gasteiger partial charge < -0.3 is 20.0 Å². The van der Waals surface area contributed by atoms with E-state index in [2.05, 4.69) is 25.3 Å². The molecule has 1 aromatic carbocycles. The molecule has 4 aromatic rings. The minimum absolute atomic E-state index is 0.0702. The molecule has 0 radical (unpaired) electrons. The molecule has 1 saturated carbocycles. The number of rotatable bonds is 5. The topological polar surface area (TPSA) is 91.7 Å². The average Bonchev–Trinajstić information content (AvgIpc) is 3.22. The first-order valence-corrected chi connectivity index (χ1v) is 9.98. The van der Waals surface area contributed by atoms with Crippen LogP contribution in [-0.2, 0) is 6.54 Å². The Morgan fingerprint density at radius 1 is 1.32 bits per heavy atom. The van der Waals surface area contributed by atoms with Gasteiger partial charge in [0, 0.05) is 29.4 Å². The van der Waals surface area contributed by atoms with Gasteiger partial charge in [-0.05, 0) is 44.4 Å². The van der Waals surface area contributed by atoms with E-state index < -0.39 is 24.4 Å². The van der Waals surface area contributed by atoms with Crippen molar-refractivity contribution >= 4 is 28.0 Å². The summed E-state index contributed by atoms with van der Waals surface area (Å²) in [7, 11) is 0. The summed E-state index contributed by atoms with van der Waals surface area (Å²) in [5.74, 6) is 0.196. The summed E-state index contributed by atoms with van der Waals surface area (Å²) in [5.41, 5.74) is 1.48. The lowest BCUT2D eigenvalue weighted by Gasteiger charge is -2.41. The summed E-state index contributed by atoms with van der Waals surface area (Å²) in [6.07, 6.45) is 2.00. The average molecular weight is 430 g/mol. The van der Waals surface area contributed by atoms with Crippen LogP contribution < -0.4 is 5.32 Å². The molecule has 0 spiro atoms. The molecule has 1 aliphatic rings. The Kier molecular flexibility index (Phi) is 4.44. The van der Waals surface area contributed by atoms with Gasteiger partial charge in [-0.2, -0.15) is 4.98 Å². The molecule has 3 N–H and O–H groups in total. The second kappa shape index (κ2) is 6.94. The maximum Gasteiger partial charge on any atom is 0.256 e. The number of aromatic amines is 1. The lowest BCUT2D eigenvalue weighted by atomic mass is 9.77. The number of halogens is 3. The predicted octanol–water partition coefficient (Wildman–Crippen LogP) is 4.01. The second-order valence-corrected chi connectivity index (χ2v) is 8.39. The highest BCUT2D eigenvalue weighted by molar-refractivity contribution is 5.96. The molecule has 162 valence electrons. The number of H-pyrrole nitrogens is 1. The van der Waals surface area contributed by atoms with Crippen LogP contribution in [0.3, 0.4) is 0 Å². The van der Waals surface area contributed by atoms with Gasteiger partial charge in [0.05, 0.1) is 17.7 Å². The number of hydrogen-bond acceptors (Lipinski definition) is 5. The maximum absolute atomic E-state index is 14.7. The number of aliphatic hydroxyl groups is 1. The zero-order chi connectivity index (χ0) is 21.9. The van der Waals surface area contributed by atoms with Crippen LogP contribution in [0.4, 0.5) is 19.1 Å². The summed E-state index contributed by atoms with van der Waals surface area (Å²) in [6, 6.07) is 3.11. The summed E-state index contributed by atoms with van der Waals surface area (Å²) in [5, 5.41) is 13.7. The number of anilines is 1. The van der Waals surface area contributed by atoms with E-state index in [4.69, 9.17) is 0 Å². The van der Waals surface area contributed by atoms with Crippen LogP contribution in [0.2, 0.25) is 0 Å². The number of nitrogens with zero attached hydrogens (tertiary/aromatic N) is 4. The highest BCUT2D eigenvalue weighted by Crippen LogP contribution is 2.35. The van der Waals surface area contributed by atoms with E-state index in [9.17, 15) is 18.3 Å². The number of nitrogens with one attached hydrogen (secondary N) is 2. The highest BCUT2D eigenvalue weighted by Gasteiger charge is 2.38. The number of aryl methyl sites for hydroxylation is 1. The molecule has 10 heteroatoms. The van der Waals surface area contributed by atoms with E-state index >= 15 is 0 Å². The van der Waals surface area contributed by atoms with Crippen molar-refractivity contribution in [1.29, 1.82) is 0 Å². The predicted molar refractivity (Wildman–Crippen MR) is 111 cm³/mol. The van der Waals surface area contributed by atoms with Crippen LogP contribution in [0.25, 0.3) is 33.2 Å². The zero-order valence-electron chi connectivity index (χ0n) is 17.0. The van der Waals surface area contributed by atoms with Crippen LogP contribution in [0.5, 0.6) is 0 Å². The fourth-order valence-corrected chi connectivity index (χ4v) is 4.32. The van der Waals surface area contributed by atoms with Crippen LogP contribution in [0.15, 0.2) is 24.5 Å². The van der Waals surface area contributed by atoms with Gasteiger partial charge in [0.2, 0.25) is 5.95 Å². The molecular formula is C21H21F3N6O. The van der Waals surface area contributed by atoms with Crippen LogP contribution in [0, 0.1) is 12.7 Å². The first kappa shape index (κ1) is 19.8. The van der Waals surface area contributed by atoms with E-state index in [0.29, 0.717) is 52.3 Å². The van der Waals surface area contributed by atoms with Crippen molar-refractivity contribution in [1.82, 2.24) is 24.5 Å². The highest BCUT2D eigenvalue weighted by atomic mass is 19.3. The lowest BCUT2D eigenvalue weighted by molar-refractivity contribution is -0.0235. The molecule has 0 aliphatic heterocycles. The van der Waals surface area contributed by atoms with Crippen molar-refractivity contribution < 1.29 is 18.3 Å². The Balaban J connectivity index is 1.51. The fourth-order valence-electron chi connectivity index (χ4n) is 4.32. The molecular weight excluding hydrogens is 409 g/mol. The fraction of sp³-hybridized carbons (Fsp3) is 0.381. The Labute approximate surface area is 175 Å². The minimum atomic E-state index is -2.57. The third-order valence-corrected chi connectivity index (χ3v) is 5.77. The Morgan fingerprint density at radius 2 is 2.10 bits per heavy atom. The smallest absolute Gasteiger partial charge is 0.256 e. The molecule has 7 nitrogen and oxygen atoms in total. The van der Waals surface area contributed by atoms with Gasteiger partial charge in [0.1, 0.15) is 17.0 Å². The Morgan fingerprint density at radius 3 is 2.81 bits per heavy atom. The zero-order valence-corrected chi connectivity index (χ0v) is 17.0. The molecule has 0 amide bonds. The summed E-state index contributed by atoms with van der Waals surface area (Å²) >= 11 is 0. The van der Waals surface area contributed by atoms with Crippen molar-refractivity contribution in [3.8, 4) is 11.1 Å². The normalized spacial score (nSPS) is 21.2. The largest absolute Gasteiger partial charge is 0.390 e. The third-order valence-electron chi connectivity index (χ3n) is 5.77. The summed E-state index contributed by atoms with van der Waals surface area (Å²) in [6.45, 7) is 2.82. The monoisotopic (exact) mass is 430 g/mol. The summed E-state index contributed by atoms with van der Waals surface area (Å²) < 4.78 is 42.1. The van der Waals surface area contributed by atoms with Crippen molar-refractivity contribution in [3.05, 3.63) is 36.2 Å². The van der Waals surface area contributed by atoms with Crippen molar-refractivity contribution in [3.63, 3.8) is 0 Å². The molecule has 31 heavy (non-hydrogen) atoms. The second-order valence-electron chi connectivity index (χ2n) is 8.39. The number of alkyl halides is 2. The van der Waals surface area contributed by atoms with E-state index in [-0.39, 0.29) is 11.6 Å². The van der Waals surface area contributed by atoms with Gasteiger partial charge in [-0.15, -0.1) is 0 Å². The van der Waals surface area contributed by atoms with Crippen molar-refractivity contribution in [2.24, 2.45) is 0 Å². The quantitative estimate of drug-likeness (QED) is 0.445. The number of imidazole rings is 1. The standard InChI is InChI=1S/C21H21F3N6O/c1-10-27-18-15(22)3-11(4-16(18)30(10)9-17(23)24)13-7-25-19-14(13)8-26-20(29-19)28-12-5-21(2,31)6-12/h3-4,7-8,12,17,31H,5-6,9H2,1-2H3,(H2,25,26,28,29)/t12-,21-. The van der Waals surface area contributed by atoms with E-state index in [1.165, 1.54) is 10.6 Å². The molecule has 3 aromatic heterocycles. The molecule has 1 aliphatic carbocycles. The van der Waals surface area contributed by atoms with Crippen molar-refractivity contribution in [2.45, 2.75) is 51.3 Å². The Bertz CT molecular complexity index is 1290. The van der Waals surface area contributed by atoms with E-state index in [1.807, 2.05) is 0 Å². The van der Waals surface area contributed by atoms with Gasteiger partial charge in [0.15, 0.2) is 5.82 Å². The number of fused-ring (bicyclic) bond motifs is 2. The Hall–Kier alpha value is -3.14. The molecule has 5 rings (SSSR count). The molecule has 3 heterocycles. The van der Waals surface area contributed by atoms with Gasteiger partial charge in [-0.25, -0.2) is 23.1 Å². The first-order chi connectivity index (χ1) is 14.7. The van der Waals surface area contributed by atoms with Crippen LogP contribution in [0.1, 0.15) is 25.6 Å². The van der Waals surface area contributed by atoms with Gasteiger partial charge in [-0.1, -0.05) is 0 Å². The molecule has 0 unspecified atom stereocenters. The van der Waals surface area contributed by atoms with Gasteiger partial charge >= 0.3 is 0 Å². The number of hydrogen-bond donors (Lipinski definition) is 3. The summed E-state index contributed by atoms with van der Waals surface area (Å²) in [4.78, 5) is 16.0. The molecule has 0 atom stereocenters. The molecule has 0 bridgehead atoms. The van der Waals surface area contributed by atoms with Crippen LogP contribution in [-0.4, -0.2) is 47.7 Å². The number of aromatic nitrogens is 5. The van der Waals surface area contributed by atoms with Gasteiger partial charge in [0.25, 0.3) is 6.43 Å². The molecule has 1 fully saturated rings. The minimum Gasteiger partial charge on any atom is -0.390 e. The third kappa shape index (κ3) is 3.50.